The van der Waals surface area contributed by atoms with Crippen molar-refractivity contribution >= 4 is 46.3 Å². The smallest absolute Gasteiger partial charge is 0.326 e. The molecule has 1 N–H and O–H groups in total. The second-order valence-corrected chi connectivity index (χ2v) is 6.63. The van der Waals surface area contributed by atoms with E-state index in [0.717, 1.165) is 30.2 Å². The molecule has 2 rings (SSSR count). The summed E-state index contributed by atoms with van der Waals surface area (Å²) in [6.45, 7) is 1.98. The van der Waals surface area contributed by atoms with Gasteiger partial charge in [-0.2, -0.15) is 0 Å². The van der Waals surface area contributed by atoms with Gasteiger partial charge in [-0.3, -0.25) is 9.69 Å². The van der Waals surface area contributed by atoms with Gasteiger partial charge in [0.1, 0.15) is 10.4 Å². The largest absolute Gasteiger partial charge is 0.480 e. The molecule has 0 saturated carbocycles. The van der Waals surface area contributed by atoms with Crippen molar-refractivity contribution in [1.29, 1.82) is 0 Å². The number of carboxylic acid groups (broad SMARTS) is 1. The van der Waals surface area contributed by atoms with Crippen molar-refractivity contribution in [3.8, 4) is 0 Å². The van der Waals surface area contributed by atoms with E-state index in [4.69, 9.17) is 12.2 Å². The molecule has 0 aliphatic carbocycles. The minimum atomic E-state index is -1.01. The molecule has 4 nitrogen and oxygen atoms in total. The van der Waals surface area contributed by atoms with Crippen LogP contribution in [-0.2, 0) is 9.59 Å². The molecule has 1 aromatic carbocycles. The third-order valence-electron chi connectivity index (χ3n) is 3.35. The highest BCUT2D eigenvalue weighted by Crippen LogP contribution is 2.34. The number of unbranched alkanes of at least 4 members (excludes halogenated alkanes) is 1. The highest BCUT2D eigenvalue weighted by molar-refractivity contribution is 8.26. The molecule has 1 aliphatic rings. The first kappa shape index (κ1) is 16.7. The van der Waals surface area contributed by atoms with Gasteiger partial charge < -0.3 is 5.11 Å². The van der Waals surface area contributed by atoms with E-state index in [2.05, 4.69) is 0 Å². The average Bonchev–Trinajstić information content (AvgIpc) is 2.76. The lowest BCUT2D eigenvalue weighted by Crippen LogP contribution is -2.43. The van der Waals surface area contributed by atoms with Crippen LogP contribution in [0.2, 0.25) is 0 Å². The molecule has 116 valence electrons. The van der Waals surface area contributed by atoms with E-state index in [1.165, 1.54) is 4.90 Å². The van der Waals surface area contributed by atoms with E-state index in [1.807, 2.05) is 37.3 Å². The van der Waals surface area contributed by atoms with E-state index in [9.17, 15) is 14.7 Å². The summed E-state index contributed by atoms with van der Waals surface area (Å²) < 4.78 is 0.315. The van der Waals surface area contributed by atoms with Crippen LogP contribution in [0, 0.1) is 0 Å². The third kappa shape index (κ3) is 3.75. The summed E-state index contributed by atoms with van der Waals surface area (Å²) in [7, 11) is 0. The Morgan fingerprint density at radius 1 is 1.41 bits per heavy atom. The van der Waals surface area contributed by atoms with Crippen molar-refractivity contribution in [1.82, 2.24) is 4.90 Å². The van der Waals surface area contributed by atoms with Crippen LogP contribution in [0.25, 0.3) is 6.08 Å². The number of carboxylic acids is 1. The molecule has 1 amide bonds. The number of benzene rings is 1. The molecule has 0 unspecified atom stereocenters. The number of hydrogen-bond acceptors (Lipinski definition) is 4. The highest BCUT2D eigenvalue weighted by atomic mass is 32.2. The molecule has 0 aromatic heterocycles. The van der Waals surface area contributed by atoms with Crippen molar-refractivity contribution in [2.45, 2.75) is 32.2 Å². The van der Waals surface area contributed by atoms with Crippen molar-refractivity contribution < 1.29 is 14.7 Å². The van der Waals surface area contributed by atoms with Crippen LogP contribution in [-0.4, -0.2) is 32.2 Å². The minimum absolute atomic E-state index is 0.315. The molecule has 0 radical (unpaired) electrons. The minimum Gasteiger partial charge on any atom is -0.480 e. The second-order valence-electron chi connectivity index (χ2n) is 4.96. The van der Waals surface area contributed by atoms with Crippen molar-refractivity contribution in [2.75, 3.05) is 0 Å². The van der Waals surface area contributed by atoms with Crippen LogP contribution in [0.1, 0.15) is 31.7 Å². The molecular formula is C16H17NO3S2. The zero-order valence-electron chi connectivity index (χ0n) is 12.2. The first-order valence-electron chi connectivity index (χ1n) is 7.09. The van der Waals surface area contributed by atoms with Gasteiger partial charge in [-0.05, 0) is 18.1 Å². The van der Waals surface area contributed by atoms with Crippen molar-refractivity contribution in [3.05, 3.63) is 40.8 Å². The van der Waals surface area contributed by atoms with Gasteiger partial charge in [-0.25, -0.2) is 4.79 Å². The molecule has 1 saturated heterocycles. The van der Waals surface area contributed by atoms with Crippen molar-refractivity contribution in [2.24, 2.45) is 0 Å². The number of carbonyl (C=O) groups is 2. The quantitative estimate of drug-likeness (QED) is 0.636. The summed E-state index contributed by atoms with van der Waals surface area (Å²) in [6, 6.07) is 8.56. The SMILES string of the molecule is CCCC[C@@H](C(=O)O)N1C(=O)/C(=C/c2ccccc2)SC1=S. The Labute approximate surface area is 139 Å². The molecule has 1 aromatic rings. The molecule has 1 fully saturated rings. The van der Waals surface area contributed by atoms with Gasteiger partial charge in [0.2, 0.25) is 0 Å². The lowest BCUT2D eigenvalue weighted by molar-refractivity contribution is -0.145. The molecule has 6 heteroatoms. The van der Waals surface area contributed by atoms with Crippen LogP contribution < -0.4 is 0 Å². The predicted molar refractivity (Wildman–Crippen MR) is 92.4 cm³/mol. The average molecular weight is 335 g/mol. The van der Waals surface area contributed by atoms with E-state index in [1.54, 1.807) is 6.08 Å². The Morgan fingerprint density at radius 2 is 2.09 bits per heavy atom. The fourth-order valence-electron chi connectivity index (χ4n) is 2.21. The predicted octanol–water partition coefficient (Wildman–Crippen LogP) is 3.53. The molecular weight excluding hydrogens is 318 g/mol. The summed E-state index contributed by atoms with van der Waals surface area (Å²) in [5.41, 5.74) is 0.892. The number of aliphatic carboxylic acids is 1. The number of hydrogen-bond donors (Lipinski definition) is 1. The van der Waals surface area contributed by atoms with Crippen LogP contribution in [0.5, 0.6) is 0 Å². The topological polar surface area (TPSA) is 57.6 Å². The summed E-state index contributed by atoms with van der Waals surface area (Å²) in [6.07, 6.45) is 3.78. The van der Waals surface area contributed by atoms with Crippen LogP contribution >= 0.6 is 24.0 Å². The summed E-state index contributed by atoms with van der Waals surface area (Å²) in [5, 5.41) is 9.39. The number of carbonyl (C=O) groups excluding carboxylic acids is 1. The number of amides is 1. The maximum atomic E-state index is 12.5. The van der Waals surface area contributed by atoms with Gasteiger partial charge in [0.05, 0.1) is 4.91 Å². The zero-order valence-corrected chi connectivity index (χ0v) is 13.8. The number of rotatable bonds is 6. The van der Waals surface area contributed by atoms with E-state index in [-0.39, 0.29) is 5.91 Å². The maximum absolute atomic E-state index is 12.5. The first-order valence-corrected chi connectivity index (χ1v) is 8.32. The highest BCUT2D eigenvalue weighted by Gasteiger charge is 2.39. The molecule has 22 heavy (non-hydrogen) atoms. The Bertz CT molecular complexity index is 613. The van der Waals surface area contributed by atoms with Crippen LogP contribution in [0.15, 0.2) is 35.2 Å². The molecule has 0 spiro atoms. The lowest BCUT2D eigenvalue weighted by Gasteiger charge is -2.22. The van der Waals surface area contributed by atoms with E-state index >= 15 is 0 Å². The van der Waals surface area contributed by atoms with Crippen molar-refractivity contribution in [3.63, 3.8) is 0 Å². The monoisotopic (exact) mass is 335 g/mol. The Hall–Kier alpha value is -1.66. The molecule has 0 bridgehead atoms. The standard InChI is InChI=1S/C16H17NO3S2/c1-2-3-9-12(15(19)20)17-14(18)13(22-16(17)21)10-11-7-5-4-6-8-11/h4-8,10,12H,2-3,9H2,1H3,(H,19,20)/b13-10-/t12-/m0/s1. The van der Waals surface area contributed by atoms with Crippen LogP contribution in [0.4, 0.5) is 0 Å². The van der Waals surface area contributed by atoms with Gasteiger partial charge in [0, 0.05) is 0 Å². The Morgan fingerprint density at radius 3 is 2.68 bits per heavy atom. The van der Waals surface area contributed by atoms with Gasteiger partial charge in [0.25, 0.3) is 5.91 Å². The number of nitrogens with zero attached hydrogens (tertiary/aromatic N) is 1. The third-order valence-corrected chi connectivity index (χ3v) is 4.68. The number of thiocarbonyl (C=S) groups is 1. The van der Waals surface area contributed by atoms with Gasteiger partial charge in [-0.1, -0.05) is 74.1 Å². The zero-order chi connectivity index (χ0) is 16.1. The van der Waals surface area contributed by atoms with Gasteiger partial charge >= 0.3 is 5.97 Å². The lowest BCUT2D eigenvalue weighted by atomic mass is 10.1. The Balaban J connectivity index is 2.24. The molecule has 1 heterocycles. The van der Waals surface area contributed by atoms with Gasteiger partial charge in [0.15, 0.2) is 0 Å². The summed E-state index contributed by atoms with van der Waals surface area (Å²) in [4.78, 5) is 25.7. The van der Waals surface area contributed by atoms with Crippen LogP contribution in [0.3, 0.4) is 0 Å². The Kier molecular flexibility index (Phi) is 5.74. The normalized spacial score (nSPS) is 18.0. The van der Waals surface area contributed by atoms with E-state index in [0.29, 0.717) is 15.6 Å². The number of thioether (sulfide) groups is 1. The fraction of sp³-hybridized carbons (Fsp3) is 0.312. The molecule has 1 aliphatic heterocycles. The van der Waals surface area contributed by atoms with E-state index < -0.39 is 12.0 Å². The second kappa shape index (κ2) is 7.56. The fourth-order valence-corrected chi connectivity index (χ4v) is 3.57. The molecule has 1 atom stereocenters. The summed E-state index contributed by atoms with van der Waals surface area (Å²) in [5.74, 6) is -1.33. The first-order chi connectivity index (χ1) is 10.5. The van der Waals surface area contributed by atoms with Gasteiger partial charge in [-0.15, -0.1) is 0 Å². The maximum Gasteiger partial charge on any atom is 0.326 e. The summed E-state index contributed by atoms with van der Waals surface area (Å²) >= 11 is 6.38.